The summed E-state index contributed by atoms with van der Waals surface area (Å²) in [6.45, 7) is 0. The Bertz CT molecular complexity index is 436. The van der Waals surface area contributed by atoms with Gasteiger partial charge in [-0.25, -0.2) is 0 Å². The number of amides is 1. The predicted molar refractivity (Wildman–Crippen MR) is 72.2 cm³/mol. The lowest BCUT2D eigenvalue weighted by atomic mass is 10.1. The zero-order valence-electron chi connectivity index (χ0n) is 10.9. The van der Waals surface area contributed by atoms with Gasteiger partial charge in [0.15, 0.2) is 0 Å². The predicted octanol–water partition coefficient (Wildman–Crippen LogP) is 3.02. The molecule has 18 heavy (non-hydrogen) atoms. The molecule has 0 bridgehead atoms. The van der Waals surface area contributed by atoms with Gasteiger partial charge in [0.25, 0.3) is 5.91 Å². The van der Waals surface area contributed by atoms with Crippen LogP contribution >= 0.6 is 11.3 Å². The zero-order valence-corrected chi connectivity index (χ0v) is 11.7. The highest BCUT2D eigenvalue weighted by Gasteiger charge is 2.45. The maximum absolute atomic E-state index is 12.5. The van der Waals surface area contributed by atoms with E-state index in [9.17, 15) is 4.79 Å². The second-order valence-corrected chi connectivity index (χ2v) is 6.34. The number of carbonyl (C=O) groups is 1. The summed E-state index contributed by atoms with van der Waals surface area (Å²) >= 11 is 1.48. The molecule has 0 saturated heterocycles. The molecule has 0 spiro atoms. The van der Waals surface area contributed by atoms with Gasteiger partial charge in [0.2, 0.25) is 0 Å². The Morgan fingerprint density at radius 3 is 2.44 bits per heavy atom. The Morgan fingerprint density at radius 2 is 2.00 bits per heavy atom. The smallest absolute Gasteiger partial charge is 0.264 e. The molecule has 1 aromatic rings. The number of nitrogens with zero attached hydrogens (tertiary/aromatic N) is 1. The van der Waals surface area contributed by atoms with Gasteiger partial charge in [-0.2, -0.15) is 0 Å². The molecule has 0 N–H and O–H groups in total. The van der Waals surface area contributed by atoms with Crippen molar-refractivity contribution in [3.8, 4) is 5.75 Å². The van der Waals surface area contributed by atoms with Crippen LogP contribution in [0.25, 0.3) is 0 Å². The molecule has 2 saturated carbocycles. The molecule has 1 aromatic heterocycles. The first kappa shape index (κ1) is 12.0. The van der Waals surface area contributed by atoms with Crippen molar-refractivity contribution < 1.29 is 9.53 Å². The van der Waals surface area contributed by atoms with Crippen LogP contribution in [0, 0.1) is 11.8 Å². The molecule has 1 heterocycles. The molecular weight excluding hydrogens is 246 g/mol. The lowest BCUT2D eigenvalue weighted by Gasteiger charge is -2.28. The van der Waals surface area contributed by atoms with Gasteiger partial charge in [-0.05, 0) is 37.5 Å². The largest absolute Gasteiger partial charge is 0.496 e. The minimum absolute atomic E-state index is 0.159. The van der Waals surface area contributed by atoms with Crippen LogP contribution in [0.2, 0.25) is 0 Å². The second kappa shape index (κ2) is 4.57. The lowest BCUT2D eigenvalue weighted by molar-refractivity contribution is 0.0694. The first-order valence-corrected chi connectivity index (χ1v) is 7.48. The standard InChI is InChI=1S/C14H19NO2S/c1-15(13(9-3-4-9)10-5-6-10)14(16)12-7-11(17-2)8-18-12/h7-10,13H,3-6H2,1-2H3. The van der Waals surface area contributed by atoms with Crippen molar-refractivity contribution in [1.82, 2.24) is 4.90 Å². The number of carbonyl (C=O) groups excluding carboxylic acids is 1. The minimum Gasteiger partial charge on any atom is -0.496 e. The maximum atomic E-state index is 12.5. The zero-order chi connectivity index (χ0) is 12.7. The normalized spacial score (nSPS) is 19.1. The fraction of sp³-hybridized carbons (Fsp3) is 0.643. The Balaban J connectivity index is 1.73. The van der Waals surface area contributed by atoms with Gasteiger partial charge in [0.1, 0.15) is 5.75 Å². The van der Waals surface area contributed by atoms with Crippen LogP contribution in [0.4, 0.5) is 0 Å². The van der Waals surface area contributed by atoms with Crippen molar-refractivity contribution in [1.29, 1.82) is 0 Å². The van der Waals surface area contributed by atoms with Crippen LogP contribution in [0.1, 0.15) is 35.4 Å². The molecule has 4 heteroatoms. The van der Waals surface area contributed by atoms with Crippen molar-refractivity contribution >= 4 is 17.2 Å². The number of hydrogen-bond acceptors (Lipinski definition) is 3. The average molecular weight is 265 g/mol. The summed E-state index contributed by atoms with van der Waals surface area (Å²) in [7, 11) is 3.60. The van der Waals surface area contributed by atoms with E-state index in [0.29, 0.717) is 6.04 Å². The summed E-state index contributed by atoms with van der Waals surface area (Å²) in [6, 6.07) is 2.32. The van der Waals surface area contributed by atoms with Gasteiger partial charge >= 0.3 is 0 Å². The summed E-state index contributed by atoms with van der Waals surface area (Å²) in [5, 5.41) is 1.89. The third-order valence-corrected chi connectivity index (χ3v) is 4.90. The van der Waals surface area contributed by atoms with E-state index in [1.165, 1.54) is 37.0 Å². The van der Waals surface area contributed by atoms with E-state index in [1.807, 2.05) is 23.4 Å². The summed E-state index contributed by atoms with van der Waals surface area (Å²) in [4.78, 5) is 15.2. The van der Waals surface area contributed by atoms with Crippen LogP contribution in [0.5, 0.6) is 5.75 Å². The van der Waals surface area contributed by atoms with Gasteiger partial charge in [-0.15, -0.1) is 11.3 Å². The van der Waals surface area contributed by atoms with Gasteiger partial charge in [-0.1, -0.05) is 0 Å². The van der Waals surface area contributed by atoms with Crippen molar-refractivity contribution in [3.63, 3.8) is 0 Å². The molecule has 0 aliphatic heterocycles. The highest BCUT2D eigenvalue weighted by Crippen LogP contribution is 2.47. The van der Waals surface area contributed by atoms with E-state index in [-0.39, 0.29) is 5.91 Å². The molecule has 0 aromatic carbocycles. The van der Waals surface area contributed by atoms with Gasteiger partial charge in [-0.3, -0.25) is 4.79 Å². The van der Waals surface area contributed by atoms with Crippen LogP contribution in [-0.2, 0) is 0 Å². The molecule has 0 unspecified atom stereocenters. The number of rotatable bonds is 5. The number of ether oxygens (including phenoxy) is 1. The topological polar surface area (TPSA) is 29.5 Å². The Kier molecular flexibility index (Phi) is 3.06. The molecule has 2 aliphatic carbocycles. The van der Waals surface area contributed by atoms with E-state index < -0.39 is 0 Å². The van der Waals surface area contributed by atoms with E-state index in [2.05, 4.69) is 0 Å². The summed E-state index contributed by atoms with van der Waals surface area (Å²) in [6.07, 6.45) is 5.19. The molecule has 2 fully saturated rings. The quantitative estimate of drug-likeness (QED) is 0.819. The van der Waals surface area contributed by atoms with Gasteiger partial charge in [0.05, 0.1) is 12.0 Å². The highest BCUT2D eigenvalue weighted by atomic mass is 32.1. The molecule has 1 amide bonds. The molecule has 2 aliphatic rings. The van der Waals surface area contributed by atoms with E-state index >= 15 is 0 Å². The van der Waals surface area contributed by atoms with E-state index in [1.54, 1.807) is 7.11 Å². The molecule has 3 rings (SSSR count). The minimum atomic E-state index is 0.159. The van der Waals surface area contributed by atoms with E-state index in [4.69, 9.17) is 4.74 Å². The van der Waals surface area contributed by atoms with Crippen LogP contribution < -0.4 is 4.74 Å². The Labute approximate surface area is 112 Å². The van der Waals surface area contributed by atoms with Crippen LogP contribution in [0.15, 0.2) is 11.4 Å². The molecular formula is C14H19NO2S. The van der Waals surface area contributed by atoms with Crippen LogP contribution in [-0.4, -0.2) is 31.0 Å². The molecule has 3 nitrogen and oxygen atoms in total. The SMILES string of the molecule is COc1csc(C(=O)N(C)C(C2CC2)C2CC2)c1. The molecule has 0 atom stereocenters. The molecule has 98 valence electrons. The van der Waals surface area contributed by atoms with Crippen molar-refractivity contribution in [2.45, 2.75) is 31.7 Å². The highest BCUT2D eigenvalue weighted by molar-refractivity contribution is 7.12. The monoisotopic (exact) mass is 265 g/mol. The number of thiophene rings is 1. The summed E-state index contributed by atoms with van der Waals surface area (Å²) in [5.74, 6) is 2.46. The van der Waals surface area contributed by atoms with E-state index in [0.717, 1.165) is 22.5 Å². The third kappa shape index (κ3) is 2.26. The number of methoxy groups -OCH3 is 1. The lowest BCUT2D eigenvalue weighted by Crippen LogP contribution is -2.39. The van der Waals surface area contributed by atoms with Gasteiger partial charge in [0, 0.05) is 24.5 Å². The fourth-order valence-corrected chi connectivity index (χ4v) is 3.58. The molecule has 0 radical (unpaired) electrons. The van der Waals surface area contributed by atoms with Gasteiger partial charge < -0.3 is 9.64 Å². The first-order valence-electron chi connectivity index (χ1n) is 6.60. The fourth-order valence-electron chi connectivity index (χ4n) is 2.74. The second-order valence-electron chi connectivity index (χ2n) is 5.43. The van der Waals surface area contributed by atoms with Crippen molar-refractivity contribution in [2.75, 3.05) is 14.2 Å². The average Bonchev–Trinajstić information content (AvgIpc) is 3.30. The summed E-state index contributed by atoms with van der Waals surface area (Å²) in [5.41, 5.74) is 0. The number of hydrogen-bond donors (Lipinski definition) is 0. The Hall–Kier alpha value is -1.03. The first-order chi connectivity index (χ1) is 8.70. The summed E-state index contributed by atoms with van der Waals surface area (Å²) < 4.78 is 5.14. The third-order valence-electron chi connectivity index (χ3n) is 4.00. The maximum Gasteiger partial charge on any atom is 0.264 e. The van der Waals surface area contributed by atoms with Crippen molar-refractivity contribution in [3.05, 3.63) is 16.3 Å². The van der Waals surface area contributed by atoms with Crippen LogP contribution in [0.3, 0.4) is 0 Å². The van der Waals surface area contributed by atoms with Crippen molar-refractivity contribution in [2.24, 2.45) is 11.8 Å². The Morgan fingerprint density at radius 1 is 1.39 bits per heavy atom.